The quantitative estimate of drug-likeness (QED) is 0.913. The predicted molar refractivity (Wildman–Crippen MR) is 102 cm³/mol. The first-order chi connectivity index (χ1) is 11.7. The summed E-state index contributed by atoms with van der Waals surface area (Å²) < 4.78 is 0. The summed E-state index contributed by atoms with van der Waals surface area (Å²) in [5, 5.41) is 3.11. The van der Waals surface area contributed by atoms with Gasteiger partial charge in [-0.2, -0.15) is 0 Å². The molecule has 2 rings (SSSR count). The third-order valence-corrected chi connectivity index (χ3v) is 4.49. The minimum Gasteiger partial charge on any atom is -0.378 e. The van der Waals surface area contributed by atoms with Crippen molar-refractivity contribution in [3.05, 3.63) is 29.8 Å². The molecule has 1 heterocycles. The van der Waals surface area contributed by atoms with Crippen molar-refractivity contribution < 1.29 is 9.59 Å². The van der Waals surface area contributed by atoms with Crippen LogP contribution in [0.15, 0.2) is 24.3 Å². The highest BCUT2D eigenvalue weighted by Crippen LogP contribution is 2.22. The van der Waals surface area contributed by atoms with Gasteiger partial charge in [0, 0.05) is 50.9 Å². The fourth-order valence-corrected chi connectivity index (χ4v) is 3.03. The van der Waals surface area contributed by atoms with Crippen LogP contribution < -0.4 is 10.2 Å². The zero-order valence-corrected chi connectivity index (χ0v) is 16.1. The van der Waals surface area contributed by atoms with Gasteiger partial charge in [-0.1, -0.05) is 26.8 Å². The van der Waals surface area contributed by atoms with Gasteiger partial charge in [-0.25, -0.2) is 0 Å². The number of piperidine rings is 1. The highest BCUT2D eigenvalue weighted by atomic mass is 16.2. The first-order valence-electron chi connectivity index (χ1n) is 9.02. The first-order valence-corrected chi connectivity index (χ1v) is 9.02. The Morgan fingerprint density at radius 2 is 1.84 bits per heavy atom. The molecule has 0 saturated carbocycles. The Hall–Kier alpha value is -2.04. The van der Waals surface area contributed by atoms with Crippen LogP contribution in [-0.4, -0.2) is 49.9 Å². The van der Waals surface area contributed by atoms with Crippen LogP contribution >= 0.6 is 0 Å². The predicted octanol–water partition coefficient (Wildman–Crippen LogP) is 2.91. The summed E-state index contributed by atoms with van der Waals surface area (Å²) in [6.07, 6.45) is 2.20. The molecule has 5 nitrogen and oxygen atoms in total. The summed E-state index contributed by atoms with van der Waals surface area (Å²) in [4.78, 5) is 28.7. The summed E-state index contributed by atoms with van der Waals surface area (Å²) in [7, 11) is 3.92. The van der Waals surface area contributed by atoms with Crippen LogP contribution in [0.25, 0.3) is 0 Å². The zero-order chi connectivity index (χ0) is 18.6. The molecule has 1 N–H and O–H groups in total. The molecule has 138 valence electrons. The fourth-order valence-electron chi connectivity index (χ4n) is 3.03. The van der Waals surface area contributed by atoms with Crippen molar-refractivity contribution in [3.8, 4) is 0 Å². The van der Waals surface area contributed by atoms with Crippen molar-refractivity contribution in [1.29, 1.82) is 0 Å². The van der Waals surface area contributed by atoms with E-state index in [1.807, 2.05) is 48.2 Å². The molecular weight excluding hydrogens is 314 g/mol. The fraction of sp³-hybridized carbons (Fsp3) is 0.600. The van der Waals surface area contributed by atoms with E-state index >= 15 is 0 Å². The summed E-state index contributed by atoms with van der Waals surface area (Å²) in [6, 6.07) is 7.75. The zero-order valence-electron chi connectivity index (χ0n) is 16.1. The molecule has 0 radical (unpaired) electrons. The SMILES string of the molecule is CN(C)c1cccc(C(=O)NC2CCN(C(=O)CC(C)(C)C)CC2)c1. The number of rotatable bonds is 4. The van der Waals surface area contributed by atoms with Crippen molar-refractivity contribution >= 4 is 17.5 Å². The van der Waals surface area contributed by atoms with E-state index in [1.165, 1.54) is 0 Å². The molecule has 0 bridgehead atoms. The number of benzene rings is 1. The Morgan fingerprint density at radius 1 is 1.20 bits per heavy atom. The molecule has 0 atom stereocenters. The van der Waals surface area contributed by atoms with Gasteiger partial charge in [-0.05, 0) is 36.5 Å². The minimum atomic E-state index is -0.0387. The average Bonchev–Trinajstić information content (AvgIpc) is 2.54. The number of nitrogens with zero attached hydrogens (tertiary/aromatic N) is 2. The van der Waals surface area contributed by atoms with Crippen molar-refractivity contribution in [2.75, 3.05) is 32.1 Å². The van der Waals surface area contributed by atoms with E-state index in [1.54, 1.807) is 0 Å². The topological polar surface area (TPSA) is 52.7 Å². The highest BCUT2D eigenvalue weighted by Gasteiger charge is 2.26. The highest BCUT2D eigenvalue weighted by molar-refractivity contribution is 5.95. The van der Waals surface area contributed by atoms with Crippen LogP contribution in [0.4, 0.5) is 5.69 Å². The number of carbonyl (C=O) groups is 2. The van der Waals surface area contributed by atoms with Crippen LogP contribution in [0.5, 0.6) is 0 Å². The van der Waals surface area contributed by atoms with Crippen LogP contribution in [0, 0.1) is 5.41 Å². The summed E-state index contributed by atoms with van der Waals surface area (Å²) >= 11 is 0. The maximum atomic E-state index is 12.5. The van der Waals surface area contributed by atoms with Crippen molar-refractivity contribution in [1.82, 2.24) is 10.2 Å². The lowest BCUT2D eigenvalue weighted by molar-refractivity contribution is -0.134. The Bertz CT molecular complexity index is 612. The monoisotopic (exact) mass is 345 g/mol. The van der Waals surface area contributed by atoms with E-state index < -0.39 is 0 Å². The molecule has 1 aromatic carbocycles. The summed E-state index contributed by atoms with van der Waals surface area (Å²) in [6.45, 7) is 7.69. The molecule has 5 heteroatoms. The standard InChI is InChI=1S/C20H31N3O2/c1-20(2,3)14-18(24)23-11-9-16(10-12-23)21-19(25)15-7-6-8-17(13-15)22(4)5/h6-8,13,16H,9-12,14H2,1-5H3,(H,21,25). The smallest absolute Gasteiger partial charge is 0.251 e. The summed E-state index contributed by atoms with van der Waals surface area (Å²) in [5.41, 5.74) is 1.70. The maximum Gasteiger partial charge on any atom is 0.251 e. The Morgan fingerprint density at radius 3 is 2.40 bits per heavy atom. The van der Waals surface area contributed by atoms with E-state index in [9.17, 15) is 9.59 Å². The molecule has 2 amide bonds. The molecule has 1 aromatic rings. The van der Waals surface area contributed by atoms with Gasteiger partial charge in [-0.15, -0.1) is 0 Å². The van der Waals surface area contributed by atoms with Gasteiger partial charge in [0.15, 0.2) is 0 Å². The summed E-state index contributed by atoms with van der Waals surface area (Å²) in [5.74, 6) is 0.180. The Balaban J connectivity index is 1.86. The molecule has 1 aliphatic rings. The number of anilines is 1. The van der Waals surface area contributed by atoms with E-state index in [0.29, 0.717) is 12.0 Å². The van der Waals surface area contributed by atoms with Gasteiger partial charge < -0.3 is 15.1 Å². The molecule has 25 heavy (non-hydrogen) atoms. The van der Waals surface area contributed by atoms with Gasteiger partial charge >= 0.3 is 0 Å². The lowest BCUT2D eigenvalue weighted by Gasteiger charge is -2.34. The van der Waals surface area contributed by atoms with Crippen LogP contribution in [0.2, 0.25) is 0 Å². The normalized spacial score (nSPS) is 15.8. The number of likely N-dealkylation sites (tertiary alicyclic amines) is 1. The number of nitrogens with one attached hydrogen (secondary N) is 1. The van der Waals surface area contributed by atoms with Crippen LogP contribution in [0.3, 0.4) is 0 Å². The molecule has 1 aliphatic heterocycles. The van der Waals surface area contributed by atoms with Crippen molar-refractivity contribution in [2.24, 2.45) is 5.41 Å². The number of carbonyl (C=O) groups excluding carboxylic acids is 2. The Labute approximate surface area is 151 Å². The number of amides is 2. The van der Waals surface area contributed by atoms with Gasteiger partial charge in [0.1, 0.15) is 0 Å². The van der Waals surface area contributed by atoms with E-state index in [4.69, 9.17) is 0 Å². The molecule has 0 aromatic heterocycles. The molecular formula is C20H31N3O2. The van der Waals surface area contributed by atoms with Gasteiger partial charge in [0.2, 0.25) is 5.91 Å². The maximum absolute atomic E-state index is 12.5. The third kappa shape index (κ3) is 5.76. The van der Waals surface area contributed by atoms with Crippen molar-refractivity contribution in [3.63, 3.8) is 0 Å². The lowest BCUT2D eigenvalue weighted by atomic mass is 9.91. The Kier molecular flexibility index (Phi) is 6.09. The second-order valence-corrected chi connectivity index (χ2v) is 8.31. The van der Waals surface area contributed by atoms with Gasteiger partial charge in [0.25, 0.3) is 5.91 Å². The third-order valence-electron chi connectivity index (χ3n) is 4.49. The van der Waals surface area contributed by atoms with E-state index in [0.717, 1.165) is 31.6 Å². The molecule has 0 spiro atoms. The molecule has 0 aliphatic carbocycles. The van der Waals surface area contributed by atoms with E-state index in [-0.39, 0.29) is 23.3 Å². The van der Waals surface area contributed by atoms with Crippen LogP contribution in [0.1, 0.15) is 50.4 Å². The average molecular weight is 345 g/mol. The minimum absolute atomic E-state index is 0.0135. The number of hydrogen-bond donors (Lipinski definition) is 1. The van der Waals surface area contributed by atoms with Crippen LogP contribution in [-0.2, 0) is 4.79 Å². The van der Waals surface area contributed by atoms with Gasteiger partial charge in [-0.3, -0.25) is 9.59 Å². The largest absolute Gasteiger partial charge is 0.378 e. The second-order valence-electron chi connectivity index (χ2n) is 8.31. The lowest BCUT2D eigenvalue weighted by Crippen LogP contribution is -2.47. The first kappa shape index (κ1) is 19.3. The van der Waals surface area contributed by atoms with E-state index in [2.05, 4.69) is 26.1 Å². The molecule has 1 fully saturated rings. The molecule has 1 saturated heterocycles. The molecule has 0 unspecified atom stereocenters. The number of hydrogen-bond acceptors (Lipinski definition) is 3. The van der Waals surface area contributed by atoms with Crippen molar-refractivity contribution in [2.45, 2.75) is 46.1 Å². The second kappa shape index (κ2) is 7.89. The van der Waals surface area contributed by atoms with Gasteiger partial charge in [0.05, 0.1) is 0 Å².